The molecule has 0 aliphatic rings. The Morgan fingerprint density at radius 1 is 1.22 bits per heavy atom. The molecule has 0 radical (unpaired) electrons. The first-order chi connectivity index (χ1) is 13.0. The Labute approximate surface area is 152 Å². The van der Waals surface area contributed by atoms with Crippen molar-refractivity contribution in [3.8, 4) is 11.5 Å². The summed E-state index contributed by atoms with van der Waals surface area (Å²) in [4.78, 5) is 28.6. The predicted octanol–water partition coefficient (Wildman–Crippen LogP) is 0.716. The van der Waals surface area contributed by atoms with E-state index in [1.165, 1.54) is 10.6 Å². The molecule has 4 rings (SSSR count). The number of amides is 1. The fraction of sp³-hybridized carbons (Fsp3) is 0.176. The minimum Gasteiger partial charge on any atom is -0.345 e. The van der Waals surface area contributed by atoms with Crippen molar-refractivity contribution in [2.45, 2.75) is 13.5 Å². The van der Waals surface area contributed by atoms with Gasteiger partial charge in [-0.1, -0.05) is 5.16 Å². The number of aromatic nitrogens is 6. The molecule has 0 fully saturated rings. The van der Waals surface area contributed by atoms with Gasteiger partial charge in [-0.05, 0) is 31.2 Å². The number of fused-ring (bicyclic) bond motifs is 1. The number of hydrogen-bond donors (Lipinski definition) is 1. The van der Waals surface area contributed by atoms with Gasteiger partial charge >= 0.3 is 0 Å². The van der Waals surface area contributed by atoms with Gasteiger partial charge in [-0.3, -0.25) is 14.0 Å². The summed E-state index contributed by atoms with van der Waals surface area (Å²) in [6, 6.07) is 6.72. The molecule has 0 saturated carbocycles. The van der Waals surface area contributed by atoms with Crippen LogP contribution in [0.3, 0.4) is 0 Å². The molecule has 1 amide bonds. The number of nitrogens with one attached hydrogen (secondary N) is 1. The molecule has 4 aromatic heterocycles. The van der Waals surface area contributed by atoms with E-state index in [2.05, 4.69) is 25.7 Å². The van der Waals surface area contributed by atoms with E-state index in [1.807, 2.05) is 0 Å². The summed E-state index contributed by atoms with van der Waals surface area (Å²) in [5.41, 5.74) is 0.868. The Balaban J connectivity index is 1.61. The minimum absolute atomic E-state index is 0.0656. The van der Waals surface area contributed by atoms with E-state index in [9.17, 15) is 9.59 Å². The molecule has 0 aliphatic carbocycles. The zero-order chi connectivity index (χ0) is 19.0. The van der Waals surface area contributed by atoms with E-state index in [-0.39, 0.29) is 17.7 Å². The normalized spacial score (nSPS) is 11.0. The largest absolute Gasteiger partial charge is 0.345 e. The number of pyridine rings is 2. The predicted molar refractivity (Wildman–Crippen MR) is 93.9 cm³/mol. The van der Waals surface area contributed by atoms with E-state index in [1.54, 1.807) is 49.0 Å². The molecule has 0 aliphatic heterocycles. The SMILES string of the molecule is Cc1noc(-c2cccn3c(CNC(=O)c4cccn(C)c4=O)nnc23)n1. The van der Waals surface area contributed by atoms with Crippen molar-refractivity contribution in [3.63, 3.8) is 0 Å². The first kappa shape index (κ1) is 16.6. The van der Waals surface area contributed by atoms with Gasteiger partial charge < -0.3 is 14.4 Å². The maximum Gasteiger partial charge on any atom is 0.263 e. The molecule has 4 aromatic rings. The fourth-order valence-electron chi connectivity index (χ4n) is 2.68. The van der Waals surface area contributed by atoms with Gasteiger partial charge in [0.2, 0.25) is 0 Å². The Morgan fingerprint density at radius 3 is 2.81 bits per heavy atom. The third-order valence-corrected chi connectivity index (χ3v) is 4.04. The first-order valence-electron chi connectivity index (χ1n) is 8.12. The number of carbonyl (C=O) groups is 1. The highest BCUT2D eigenvalue weighted by atomic mass is 16.5. The standard InChI is InChI=1S/C17H15N7O3/c1-10-19-16(27-22-10)11-5-4-8-24-13(20-21-14(11)24)9-18-15(25)12-6-3-7-23(2)17(12)26/h3-8H,9H2,1-2H3,(H,18,25). The minimum atomic E-state index is -0.475. The number of nitrogens with zero attached hydrogens (tertiary/aromatic N) is 6. The van der Waals surface area contributed by atoms with Crippen molar-refractivity contribution in [1.82, 2.24) is 34.6 Å². The van der Waals surface area contributed by atoms with Crippen molar-refractivity contribution in [2.75, 3.05) is 0 Å². The lowest BCUT2D eigenvalue weighted by molar-refractivity contribution is 0.0947. The van der Waals surface area contributed by atoms with Crippen LogP contribution in [0, 0.1) is 6.92 Å². The van der Waals surface area contributed by atoms with E-state index in [4.69, 9.17) is 4.52 Å². The van der Waals surface area contributed by atoms with Gasteiger partial charge in [0.25, 0.3) is 17.4 Å². The van der Waals surface area contributed by atoms with Gasteiger partial charge in [0.15, 0.2) is 17.3 Å². The van der Waals surface area contributed by atoms with E-state index >= 15 is 0 Å². The quantitative estimate of drug-likeness (QED) is 0.565. The van der Waals surface area contributed by atoms with Crippen LogP contribution in [-0.4, -0.2) is 35.2 Å². The number of rotatable bonds is 4. The maximum atomic E-state index is 12.3. The van der Waals surface area contributed by atoms with Gasteiger partial charge in [0, 0.05) is 19.4 Å². The second-order valence-electron chi connectivity index (χ2n) is 5.90. The molecule has 4 heterocycles. The lowest BCUT2D eigenvalue weighted by Gasteiger charge is -2.05. The average molecular weight is 365 g/mol. The average Bonchev–Trinajstić information content (AvgIpc) is 3.28. The van der Waals surface area contributed by atoms with Crippen LogP contribution in [-0.2, 0) is 13.6 Å². The Hall–Kier alpha value is -3.82. The number of aryl methyl sites for hydroxylation is 2. The molecule has 0 unspecified atom stereocenters. The van der Waals surface area contributed by atoms with E-state index < -0.39 is 5.91 Å². The van der Waals surface area contributed by atoms with E-state index in [0.717, 1.165) is 0 Å². The number of carbonyl (C=O) groups excluding carboxylic acids is 1. The maximum absolute atomic E-state index is 12.3. The zero-order valence-electron chi connectivity index (χ0n) is 14.6. The van der Waals surface area contributed by atoms with Crippen molar-refractivity contribution in [2.24, 2.45) is 7.05 Å². The van der Waals surface area contributed by atoms with Crippen LogP contribution in [0.1, 0.15) is 22.0 Å². The highest BCUT2D eigenvalue weighted by Gasteiger charge is 2.16. The highest BCUT2D eigenvalue weighted by molar-refractivity contribution is 5.93. The van der Waals surface area contributed by atoms with Gasteiger partial charge in [0.1, 0.15) is 5.56 Å². The van der Waals surface area contributed by atoms with Crippen molar-refractivity contribution >= 4 is 11.6 Å². The molecule has 10 heteroatoms. The molecule has 0 saturated heterocycles. The van der Waals surface area contributed by atoms with Crippen LogP contribution in [0.5, 0.6) is 0 Å². The molecular weight excluding hydrogens is 350 g/mol. The molecule has 0 atom stereocenters. The molecular formula is C17H15N7O3. The second kappa shape index (κ2) is 6.48. The fourth-order valence-corrected chi connectivity index (χ4v) is 2.68. The first-order valence-corrected chi connectivity index (χ1v) is 8.12. The van der Waals surface area contributed by atoms with Crippen molar-refractivity contribution in [3.05, 3.63) is 64.2 Å². The lowest BCUT2D eigenvalue weighted by atomic mass is 10.2. The summed E-state index contributed by atoms with van der Waals surface area (Å²) in [6.45, 7) is 1.83. The molecule has 0 bridgehead atoms. The van der Waals surface area contributed by atoms with Crippen LogP contribution < -0.4 is 10.9 Å². The van der Waals surface area contributed by atoms with Crippen molar-refractivity contribution < 1.29 is 9.32 Å². The van der Waals surface area contributed by atoms with Crippen LogP contribution in [0.25, 0.3) is 17.1 Å². The summed E-state index contributed by atoms with van der Waals surface area (Å²) in [6.07, 6.45) is 3.36. The third-order valence-electron chi connectivity index (χ3n) is 4.04. The highest BCUT2D eigenvalue weighted by Crippen LogP contribution is 2.21. The summed E-state index contributed by atoms with van der Waals surface area (Å²) < 4.78 is 8.27. The third kappa shape index (κ3) is 2.97. The summed E-state index contributed by atoms with van der Waals surface area (Å²) >= 11 is 0. The van der Waals surface area contributed by atoms with Gasteiger partial charge in [0.05, 0.1) is 12.1 Å². The summed E-state index contributed by atoms with van der Waals surface area (Å²) in [5.74, 6) is 0.887. The molecule has 10 nitrogen and oxygen atoms in total. The molecule has 136 valence electrons. The second-order valence-corrected chi connectivity index (χ2v) is 5.90. The molecule has 0 aromatic carbocycles. The van der Waals surface area contributed by atoms with Gasteiger partial charge in [-0.2, -0.15) is 4.98 Å². The Bertz CT molecular complexity index is 1200. The van der Waals surface area contributed by atoms with Gasteiger partial charge in [-0.15, -0.1) is 10.2 Å². The lowest BCUT2D eigenvalue weighted by Crippen LogP contribution is -2.32. The molecule has 0 spiro atoms. The summed E-state index contributed by atoms with van der Waals surface area (Å²) in [7, 11) is 1.59. The summed E-state index contributed by atoms with van der Waals surface area (Å²) in [5, 5.41) is 14.8. The topological polar surface area (TPSA) is 120 Å². The van der Waals surface area contributed by atoms with Crippen LogP contribution in [0.15, 0.2) is 46.0 Å². The number of hydrogen-bond acceptors (Lipinski definition) is 7. The molecule has 27 heavy (non-hydrogen) atoms. The van der Waals surface area contributed by atoms with E-state index in [0.29, 0.717) is 28.8 Å². The zero-order valence-corrected chi connectivity index (χ0v) is 14.6. The molecule has 1 N–H and O–H groups in total. The van der Waals surface area contributed by atoms with Crippen LogP contribution >= 0.6 is 0 Å². The monoisotopic (exact) mass is 365 g/mol. The Morgan fingerprint density at radius 2 is 2.04 bits per heavy atom. The van der Waals surface area contributed by atoms with Gasteiger partial charge in [-0.25, -0.2) is 0 Å². The van der Waals surface area contributed by atoms with Crippen LogP contribution in [0.4, 0.5) is 0 Å². The van der Waals surface area contributed by atoms with Crippen molar-refractivity contribution in [1.29, 1.82) is 0 Å². The van der Waals surface area contributed by atoms with Crippen LogP contribution in [0.2, 0.25) is 0 Å². The smallest absolute Gasteiger partial charge is 0.263 e. The Kier molecular flexibility index (Phi) is 3.99.